The lowest BCUT2D eigenvalue weighted by Gasteiger charge is -2.38. The third kappa shape index (κ3) is 1.84. The van der Waals surface area contributed by atoms with Crippen molar-refractivity contribution in [1.29, 1.82) is 0 Å². The number of fused-ring (bicyclic) bond motifs is 2. The number of anilines is 1. The Morgan fingerprint density at radius 1 is 1.14 bits per heavy atom. The van der Waals surface area contributed by atoms with E-state index in [0.29, 0.717) is 6.42 Å². The van der Waals surface area contributed by atoms with Crippen molar-refractivity contribution in [1.82, 2.24) is 0 Å². The van der Waals surface area contributed by atoms with Crippen LogP contribution in [0.5, 0.6) is 0 Å². The van der Waals surface area contributed by atoms with Gasteiger partial charge in [0.05, 0.1) is 5.41 Å². The lowest BCUT2D eigenvalue weighted by molar-refractivity contribution is -0.131. The van der Waals surface area contributed by atoms with E-state index >= 15 is 0 Å². The summed E-state index contributed by atoms with van der Waals surface area (Å²) in [6.07, 6.45) is 2.00. The zero-order chi connectivity index (χ0) is 15.5. The Balaban J connectivity index is 1.91. The summed E-state index contributed by atoms with van der Waals surface area (Å²) >= 11 is 2.24. The Labute approximate surface area is 139 Å². The molecule has 0 saturated heterocycles. The number of rotatable bonds is 2. The first-order chi connectivity index (χ1) is 9.73. The third-order valence-corrected chi connectivity index (χ3v) is 6.96. The van der Waals surface area contributed by atoms with Gasteiger partial charge < -0.3 is 5.32 Å². The van der Waals surface area contributed by atoms with E-state index in [2.05, 4.69) is 41.8 Å². The molecule has 1 amide bonds. The highest BCUT2D eigenvalue weighted by atomic mass is 127. The largest absolute Gasteiger partial charge is 0.326 e. The number of hydrogen-bond acceptors (Lipinski definition) is 2. The summed E-state index contributed by atoms with van der Waals surface area (Å²) in [4.78, 5) is 25.3. The van der Waals surface area contributed by atoms with Crippen LogP contribution in [-0.4, -0.2) is 11.7 Å². The van der Waals surface area contributed by atoms with Gasteiger partial charge in [0.25, 0.3) is 0 Å². The molecule has 2 bridgehead atoms. The molecule has 112 valence electrons. The van der Waals surface area contributed by atoms with Gasteiger partial charge in [-0.2, -0.15) is 0 Å². The Morgan fingerprint density at radius 3 is 2.24 bits per heavy atom. The molecule has 2 saturated carbocycles. The number of amides is 1. The van der Waals surface area contributed by atoms with E-state index in [1.807, 2.05) is 31.2 Å². The van der Waals surface area contributed by atoms with E-state index in [9.17, 15) is 9.59 Å². The first-order valence-corrected chi connectivity index (χ1v) is 8.41. The van der Waals surface area contributed by atoms with Crippen LogP contribution in [0.2, 0.25) is 0 Å². The fourth-order valence-corrected chi connectivity index (χ4v) is 4.50. The summed E-state index contributed by atoms with van der Waals surface area (Å²) in [7, 11) is 0. The van der Waals surface area contributed by atoms with Crippen molar-refractivity contribution in [3.63, 3.8) is 0 Å². The van der Waals surface area contributed by atoms with Gasteiger partial charge in [-0.3, -0.25) is 9.59 Å². The molecule has 0 aliphatic heterocycles. The molecule has 2 atom stereocenters. The standard InChI is InChI=1S/C17H20INO2/c1-15(2)16(3)8-9-17(15,10-13(16)20)14(21)19-12-6-4-11(18)5-7-12/h4-7H,8-10H2,1-3H3,(H,19,21)/t16-,17-/m1/s1. The maximum Gasteiger partial charge on any atom is 0.231 e. The lowest BCUT2D eigenvalue weighted by atomic mass is 9.64. The second-order valence-corrected chi connectivity index (χ2v) is 8.35. The monoisotopic (exact) mass is 397 g/mol. The molecular weight excluding hydrogens is 377 g/mol. The quantitative estimate of drug-likeness (QED) is 0.767. The predicted octanol–water partition coefficient (Wildman–Crippen LogP) is 4.02. The maximum atomic E-state index is 12.9. The zero-order valence-electron chi connectivity index (χ0n) is 12.6. The number of carbonyl (C=O) groups is 2. The van der Waals surface area contributed by atoms with E-state index in [-0.39, 0.29) is 22.5 Å². The minimum atomic E-state index is -0.554. The van der Waals surface area contributed by atoms with Crippen LogP contribution in [0.3, 0.4) is 0 Å². The Kier molecular flexibility index (Phi) is 3.24. The van der Waals surface area contributed by atoms with Crippen molar-refractivity contribution in [2.45, 2.75) is 40.0 Å². The van der Waals surface area contributed by atoms with Gasteiger partial charge in [0.2, 0.25) is 5.91 Å². The van der Waals surface area contributed by atoms with Crippen LogP contribution in [0.25, 0.3) is 0 Å². The van der Waals surface area contributed by atoms with Crippen molar-refractivity contribution in [2.24, 2.45) is 16.2 Å². The highest BCUT2D eigenvalue weighted by Gasteiger charge is 2.72. The molecule has 21 heavy (non-hydrogen) atoms. The van der Waals surface area contributed by atoms with Gasteiger partial charge in [-0.05, 0) is 65.1 Å². The summed E-state index contributed by atoms with van der Waals surface area (Å²) in [5, 5.41) is 3.03. The van der Waals surface area contributed by atoms with E-state index in [1.54, 1.807) is 0 Å². The molecule has 0 heterocycles. The van der Waals surface area contributed by atoms with Crippen LogP contribution in [0.15, 0.2) is 24.3 Å². The highest BCUT2D eigenvalue weighted by Crippen LogP contribution is 2.70. The Hall–Kier alpha value is -0.910. The molecule has 4 heteroatoms. The van der Waals surface area contributed by atoms with Gasteiger partial charge in [-0.1, -0.05) is 20.8 Å². The number of carbonyl (C=O) groups excluding carboxylic acids is 2. The molecule has 2 aliphatic rings. The average molecular weight is 397 g/mol. The van der Waals surface area contributed by atoms with Gasteiger partial charge in [0.1, 0.15) is 5.78 Å². The average Bonchev–Trinajstić information content (AvgIpc) is 2.72. The highest BCUT2D eigenvalue weighted by molar-refractivity contribution is 14.1. The Bertz CT molecular complexity index is 622. The molecule has 3 nitrogen and oxygen atoms in total. The van der Waals surface area contributed by atoms with Gasteiger partial charge in [0, 0.05) is 21.1 Å². The second-order valence-electron chi connectivity index (χ2n) is 7.10. The zero-order valence-corrected chi connectivity index (χ0v) is 14.8. The smallest absolute Gasteiger partial charge is 0.231 e. The number of Topliss-reactive ketones (excluding diaryl/α,β-unsaturated/α-hetero) is 1. The molecule has 2 aliphatic carbocycles. The number of ketones is 1. The van der Waals surface area contributed by atoms with Crippen LogP contribution in [-0.2, 0) is 9.59 Å². The van der Waals surface area contributed by atoms with Crippen LogP contribution >= 0.6 is 22.6 Å². The van der Waals surface area contributed by atoms with Crippen LogP contribution in [0.4, 0.5) is 5.69 Å². The number of hydrogen-bond donors (Lipinski definition) is 1. The first-order valence-electron chi connectivity index (χ1n) is 7.33. The molecule has 2 fully saturated rings. The van der Waals surface area contributed by atoms with Crippen LogP contribution < -0.4 is 5.32 Å². The van der Waals surface area contributed by atoms with E-state index < -0.39 is 5.41 Å². The van der Waals surface area contributed by atoms with Crippen LogP contribution in [0, 0.1) is 19.8 Å². The fourth-order valence-electron chi connectivity index (χ4n) is 4.14. The van der Waals surface area contributed by atoms with Crippen molar-refractivity contribution < 1.29 is 9.59 Å². The fraction of sp³-hybridized carbons (Fsp3) is 0.529. The maximum absolute atomic E-state index is 12.9. The molecule has 3 rings (SSSR count). The number of benzene rings is 1. The predicted molar refractivity (Wildman–Crippen MR) is 91.0 cm³/mol. The Morgan fingerprint density at radius 2 is 1.76 bits per heavy atom. The minimum absolute atomic E-state index is 0.00304. The lowest BCUT2D eigenvalue weighted by Crippen LogP contribution is -2.43. The molecule has 1 aromatic carbocycles. The van der Waals surface area contributed by atoms with Gasteiger partial charge in [-0.15, -0.1) is 0 Å². The summed E-state index contributed by atoms with van der Waals surface area (Å²) < 4.78 is 1.13. The second kappa shape index (κ2) is 4.54. The van der Waals surface area contributed by atoms with E-state index in [4.69, 9.17) is 0 Å². The summed E-state index contributed by atoms with van der Waals surface area (Å²) in [5.41, 5.74) is -0.388. The van der Waals surface area contributed by atoms with Gasteiger partial charge in [-0.25, -0.2) is 0 Å². The molecule has 1 N–H and O–H groups in total. The molecule has 0 aromatic heterocycles. The van der Waals surface area contributed by atoms with Gasteiger partial charge >= 0.3 is 0 Å². The van der Waals surface area contributed by atoms with Crippen molar-refractivity contribution >= 4 is 40.0 Å². The normalized spacial score (nSPS) is 33.2. The number of halogens is 1. The van der Waals surface area contributed by atoms with Crippen molar-refractivity contribution in [2.75, 3.05) is 5.32 Å². The van der Waals surface area contributed by atoms with E-state index in [0.717, 1.165) is 22.1 Å². The molecule has 0 unspecified atom stereocenters. The van der Waals surface area contributed by atoms with Gasteiger partial charge in [0.15, 0.2) is 0 Å². The molecular formula is C17H20INO2. The SMILES string of the molecule is CC1(C)[C@]2(C(=O)Nc3ccc(I)cc3)CC[C@]1(C)C(=O)C2. The topological polar surface area (TPSA) is 46.2 Å². The van der Waals surface area contributed by atoms with Crippen LogP contribution in [0.1, 0.15) is 40.0 Å². The molecule has 1 aromatic rings. The molecule has 0 radical (unpaired) electrons. The molecule has 0 spiro atoms. The summed E-state index contributed by atoms with van der Waals surface area (Å²) in [6.45, 7) is 6.19. The van der Waals surface area contributed by atoms with E-state index in [1.165, 1.54) is 0 Å². The summed E-state index contributed by atoms with van der Waals surface area (Å²) in [5.74, 6) is 0.250. The summed E-state index contributed by atoms with van der Waals surface area (Å²) in [6, 6.07) is 7.76. The third-order valence-electron chi connectivity index (χ3n) is 6.24. The van der Waals surface area contributed by atoms with Crippen molar-refractivity contribution in [3.8, 4) is 0 Å². The first kappa shape index (κ1) is 15.0. The number of nitrogens with one attached hydrogen (secondary N) is 1. The minimum Gasteiger partial charge on any atom is -0.326 e. The van der Waals surface area contributed by atoms with Crippen molar-refractivity contribution in [3.05, 3.63) is 27.8 Å².